The summed E-state index contributed by atoms with van der Waals surface area (Å²) >= 11 is 0. The summed E-state index contributed by atoms with van der Waals surface area (Å²) in [5, 5.41) is 3.90. The molecule has 2 saturated heterocycles. The normalized spacial score (nSPS) is 50.6. The van der Waals surface area contributed by atoms with Crippen LogP contribution < -0.4 is 11.1 Å². The van der Waals surface area contributed by atoms with E-state index in [0.717, 1.165) is 12.1 Å². The molecule has 2 aliphatic carbocycles. The average Bonchev–Trinajstić information content (AvgIpc) is 2.20. The number of piperidine rings is 1. The number of nitrogens with one attached hydrogen (secondary N) is 1. The summed E-state index contributed by atoms with van der Waals surface area (Å²) in [6, 6.07) is 2.03. The third-order valence-electron chi connectivity index (χ3n) is 5.20. The lowest BCUT2D eigenvalue weighted by atomic mass is 9.60. The van der Waals surface area contributed by atoms with Crippen molar-refractivity contribution in [3.05, 3.63) is 0 Å². The number of nitrogens with two attached hydrogens (primary N) is 1. The first kappa shape index (κ1) is 10.1. The Hall–Kier alpha value is -0.0800. The maximum atomic E-state index is 6.12. The molecule has 0 aromatic heterocycles. The SMILES string of the molecule is NC1CCC23CCCCC(CC2)NC3C1. The van der Waals surface area contributed by atoms with Gasteiger partial charge in [-0.25, -0.2) is 0 Å². The molecule has 2 saturated carbocycles. The van der Waals surface area contributed by atoms with Crippen molar-refractivity contribution in [3.8, 4) is 0 Å². The Morgan fingerprint density at radius 2 is 1.87 bits per heavy atom. The van der Waals surface area contributed by atoms with Gasteiger partial charge in [0.25, 0.3) is 0 Å². The van der Waals surface area contributed by atoms with E-state index in [2.05, 4.69) is 5.32 Å². The van der Waals surface area contributed by atoms with E-state index in [0.29, 0.717) is 11.5 Å². The molecule has 86 valence electrons. The Bertz CT molecular complexity index is 231. The Balaban J connectivity index is 1.82. The maximum Gasteiger partial charge on any atom is 0.0141 e. The molecule has 15 heavy (non-hydrogen) atoms. The highest BCUT2D eigenvalue weighted by Crippen LogP contribution is 2.48. The van der Waals surface area contributed by atoms with Crippen LogP contribution in [0, 0.1) is 5.41 Å². The van der Waals surface area contributed by atoms with Gasteiger partial charge in [0.2, 0.25) is 0 Å². The molecule has 0 aromatic rings. The van der Waals surface area contributed by atoms with E-state index >= 15 is 0 Å². The van der Waals surface area contributed by atoms with Crippen LogP contribution in [-0.2, 0) is 0 Å². The average molecular weight is 208 g/mol. The van der Waals surface area contributed by atoms with Crippen LogP contribution >= 0.6 is 0 Å². The minimum absolute atomic E-state index is 0.466. The van der Waals surface area contributed by atoms with Crippen LogP contribution in [0.2, 0.25) is 0 Å². The van der Waals surface area contributed by atoms with E-state index < -0.39 is 0 Å². The first-order valence-electron chi connectivity index (χ1n) is 6.80. The van der Waals surface area contributed by atoms with Gasteiger partial charge in [-0.05, 0) is 50.4 Å². The van der Waals surface area contributed by atoms with Gasteiger partial charge in [0.05, 0.1) is 0 Å². The summed E-state index contributed by atoms with van der Waals surface area (Å²) in [6.45, 7) is 0. The first-order chi connectivity index (χ1) is 7.28. The van der Waals surface area contributed by atoms with E-state index in [1.54, 1.807) is 0 Å². The Kier molecular flexibility index (Phi) is 2.52. The molecular formula is C13H24N2. The Morgan fingerprint density at radius 3 is 2.80 bits per heavy atom. The number of hydrogen-bond donors (Lipinski definition) is 2. The molecule has 2 nitrogen and oxygen atoms in total. The summed E-state index contributed by atoms with van der Waals surface area (Å²) < 4.78 is 0. The summed E-state index contributed by atoms with van der Waals surface area (Å²) in [6.07, 6.45) is 12.6. The largest absolute Gasteiger partial charge is 0.328 e. The second-order valence-electron chi connectivity index (χ2n) is 6.10. The topological polar surface area (TPSA) is 38.0 Å². The first-order valence-corrected chi connectivity index (χ1v) is 6.80. The molecule has 4 atom stereocenters. The van der Waals surface area contributed by atoms with Gasteiger partial charge in [-0.1, -0.05) is 12.8 Å². The smallest absolute Gasteiger partial charge is 0.0141 e. The van der Waals surface area contributed by atoms with Crippen LogP contribution in [0.5, 0.6) is 0 Å². The second kappa shape index (κ2) is 3.74. The third kappa shape index (κ3) is 1.72. The van der Waals surface area contributed by atoms with Crippen LogP contribution in [0.1, 0.15) is 57.8 Å². The molecule has 4 fully saturated rings. The molecule has 1 spiro atoms. The van der Waals surface area contributed by atoms with Gasteiger partial charge >= 0.3 is 0 Å². The van der Waals surface area contributed by atoms with Crippen molar-refractivity contribution in [2.45, 2.75) is 75.9 Å². The predicted molar refractivity (Wildman–Crippen MR) is 62.7 cm³/mol. The molecule has 2 bridgehead atoms. The lowest BCUT2D eigenvalue weighted by Crippen LogP contribution is -2.59. The van der Waals surface area contributed by atoms with Gasteiger partial charge in [-0.15, -0.1) is 0 Å². The second-order valence-corrected chi connectivity index (χ2v) is 6.10. The predicted octanol–water partition coefficient (Wildman–Crippen LogP) is 2.18. The lowest BCUT2D eigenvalue weighted by Gasteiger charge is -2.53. The van der Waals surface area contributed by atoms with Gasteiger partial charge in [0.15, 0.2) is 0 Å². The maximum absolute atomic E-state index is 6.12. The highest BCUT2D eigenvalue weighted by Gasteiger charge is 2.46. The van der Waals surface area contributed by atoms with E-state index in [9.17, 15) is 0 Å². The fourth-order valence-corrected chi connectivity index (χ4v) is 4.21. The zero-order valence-corrected chi connectivity index (χ0v) is 9.67. The Labute approximate surface area is 93.0 Å². The van der Waals surface area contributed by atoms with Crippen LogP contribution in [0.25, 0.3) is 0 Å². The summed E-state index contributed by atoms with van der Waals surface area (Å²) in [5.74, 6) is 0. The molecule has 4 unspecified atom stereocenters. The molecule has 2 heteroatoms. The monoisotopic (exact) mass is 208 g/mol. The number of rotatable bonds is 0. The van der Waals surface area contributed by atoms with Crippen molar-refractivity contribution < 1.29 is 0 Å². The van der Waals surface area contributed by atoms with E-state index in [-0.39, 0.29) is 0 Å². The van der Waals surface area contributed by atoms with Crippen molar-refractivity contribution in [2.75, 3.05) is 0 Å². The molecule has 2 heterocycles. The fraction of sp³-hybridized carbons (Fsp3) is 1.00. The van der Waals surface area contributed by atoms with Gasteiger partial charge in [-0.3, -0.25) is 0 Å². The van der Waals surface area contributed by atoms with Crippen LogP contribution in [0.4, 0.5) is 0 Å². The van der Waals surface area contributed by atoms with E-state index in [4.69, 9.17) is 5.73 Å². The third-order valence-corrected chi connectivity index (χ3v) is 5.20. The molecule has 4 aliphatic rings. The highest BCUT2D eigenvalue weighted by atomic mass is 15.0. The van der Waals surface area contributed by atoms with Crippen LogP contribution in [0.15, 0.2) is 0 Å². The summed E-state index contributed by atoms with van der Waals surface area (Å²) in [4.78, 5) is 0. The van der Waals surface area contributed by atoms with Gasteiger partial charge in [-0.2, -0.15) is 0 Å². The highest BCUT2D eigenvalue weighted by molar-refractivity contribution is 5.03. The van der Waals surface area contributed by atoms with Crippen molar-refractivity contribution in [1.29, 1.82) is 0 Å². The lowest BCUT2D eigenvalue weighted by molar-refractivity contribution is 0.0292. The van der Waals surface area contributed by atoms with E-state index in [1.807, 2.05) is 0 Å². The molecule has 2 aliphatic heterocycles. The molecule has 0 aromatic carbocycles. The zero-order chi connectivity index (χ0) is 10.3. The van der Waals surface area contributed by atoms with Crippen LogP contribution in [0.3, 0.4) is 0 Å². The molecular weight excluding hydrogens is 184 g/mol. The standard InChI is InChI=1S/C13H24N2/c14-10-4-7-13-6-2-1-3-11(5-8-13)15-12(13)9-10/h10-12,15H,1-9,14H2. The van der Waals surface area contributed by atoms with Crippen LogP contribution in [-0.4, -0.2) is 18.1 Å². The minimum atomic E-state index is 0.466. The molecule has 0 amide bonds. The van der Waals surface area contributed by atoms with E-state index in [1.165, 1.54) is 57.8 Å². The summed E-state index contributed by atoms with van der Waals surface area (Å²) in [7, 11) is 0. The van der Waals surface area contributed by atoms with Crippen molar-refractivity contribution in [2.24, 2.45) is 11.1 Å². The van der Waals surface area contributed by atoms with Crippen molar-refractivity contribution in [1.82, 2.24) is 5.32 Å². The number of hydrogen-bond acceptors (Lipinski definition) is 2. The molecule has 0 radical (unpaired) electrons. The fourth-order valence-electron chi connectivity index (χ4n) is 4.21. The van der Waals surface area contributed by atoms with Crippen molar-refractivity contribution >= 4 is 0 Å². The van der Waals surface area contributed by atoms with Crippen molar-refractivity contribution in [3.63, 3.8) is 0 Å². The zero-order valence-electron chi connectivity index (χ0n) is 9.67. The minimum Gasteiger partial charge on any atom is -0.328 e. The molecule has 4 rings (SSSR count). The van der Waals surface area contributed by atoms with Gasteiger partial charge in [0, 0.05) is 18.1 Å². The Morgan fingerprint density at radius 1 is 1.00 bits per heavy atom. The number of fused-ring (bicyclic) bond motifs is 4. The van der Waals surface area contributed by atoms with Gasteiger partial charge < -0.3 is 11.1 Å². The quantitative estimate of drug-likeness (QED) is 0.640. The molecule has 3 N–H and O–H groups in total. The summed E-state index contributed by atoms with van der Waals surface area (Å²) in [5.41, 5.74) is 6.77. The van der Waals surface area contributed by atoms with Gasteiger partial charge in [0.1, 0.15) is 0 Å².